The molecule has 7 heteroatoms. The first-order valence-electron chi connectivity index (χ1n) is 8.25. The Bertz CT molecular complexity index is 654. The van der Waals surface area contributed by atoms with Gasteiger partial charge in [-0.15, -0.1) is 0 Å². The molecule has 0 aromatic heterocycles. The van der Waals surface area contributed by atoms with E-state index in [-0.39, 0.29) is 22.9 Å². The van der Waals surface area contributed by atoms with Crippen LogP contribution >= 0.6 is 0 Å². The lowest BCUT2D eigenvalue weighted by Crippen LogP contribution is -2.42. The summed E-state index contributed by atoms with van der Waals surface area (Å²) in [6.45, 7) is 9.41. The number of hydrogen-bond acceptors (Lipinski definition) is 4. The summed E-state index contributed by atoms with van der Waals surface area (Å²) in [7, 11) is -3.53. The zero-order valence-corrected chi connectivity index (χ0v) is 15.5. The van der Waals surface area contributed by atoms with E-state index in [2.05, 4.69) is 0 Å². The van der Waals surface area contributed by atoms with Gasteiger partial charge >= 0.3 is 0 Å². The van der Waals surface area contributed by atoms with Gasteiger partial charge in [0.2, 0.25) is 10.0 Å². The van der Waals surface area contributed by atoms with Gasteiger partial charge in [0.1, 0.15) is 0 Å². The van der Waals surface area contributed by atoms with Crippen LogP contribution in [0.15, 0.2) is 29.2 Å². The molecule has 134 valence electrons. The van der Waals surface area contributed by atoms with Gasteiger partial charge in [-0.05, 0) is 52.0 Å². The van der Waals surface area contributed by atoms with E-state index in [1.807, 2.05) is 27.7 Å². The monoisotopic (exact) mass is 354 g/mol. The zero-order chi connectivity index (χ0) is 17.9. The van der Waals surface area contributed by atoms with E-state index in [1.54, 1.807) is 17.0 Å². The van der Waals surface area contributed by atoms with Crippen molar-refractivity contribution in [2.24, 2.45) is 0 Å². The molecular formula is C17H26N2O4S. The van der Waals surface area contributed by atoms with Gasteiger partial charge in [0.25, 0.3) is 5.91 Å². The van der Waals surface area contributed by atoms with Gasteiger partial charge in [-0.3, -0.25) is 4.79 Å². The topological polar surface area (TPSA) is 66.9 Å². The molecule has 1 aromatic rings. The van der Waals surface area contributed by atoms with Crippen molar-refractivity contribution in [2.45, 2.75) is 44.7 Å². The highest BCUT2D eigenvalue weighted by molar-refractivity contribution is 7.89. The lowest BCUT2D eigenvalue weighted by molar-refractivity contribution is 0.0643. The Morgan fingerprint density at radius 3 is 2.00 bits per heavy atom. The van der Waals surface area contributed by atoms with Crippen molar-refractivity contribution in [2.75, 3.05) is 26.3 Å². The van der Waals surface area contributed by atoms with E-state index in [0.717, 1.165) is 0 Å². The highest BCUT2D eigenvalue weighted by Crippen LogP contribution is 2.19. The predicted molar refractivity (Wildman–Crippen MR) is 92.5 cm³/mol. The molecule has 0 saturated carbocycles. The van der Waals surface area contributed by atoms with Crippen LogP contribution in [0.4, 0.5) is 0 Å². The molecule has 0 bridgehead atoms. The van der Waals surface area contributed by atoms with E-state index < -0.39 is 10.0 Å². The number of nitrogens with zero attached hydrogens (tertiary/aromatic N) is 2. The molecule has 1 heterocycles. The molecule has 0 radical (unpaired) electrons. The molecule has 0 aliphatic carbocycles. The third-order valence-corrected chi connectivity index (χ3v) is 5.97. The number of amides is 1. The summed E-state index contributed by atoms with van der Waals surface area (Å²) in [5.41, 5.74) is 0.498. The quantitative estimate of drug-likeness (QED) is 0.811. The van der Waals surface area contributed by atoms with E-state index >= 15 is 0 Å². The van der Waals surface area contributed by atoms with Crippen molar-refractivity contribution in [3.63, 3.8) is 0 Å². The van der Waals surface area contributed by atoms with Gasteiger partial charge in [0.15, 0.2) is 0 Å². The molecule has 1 aliphatic rings. The second-order valence-electron chi connectivity index (χ2n) is 6.44. The summed E-state index contributed by atoms with van der Waals surface area (Å²) in [5.74, 6) is -0.0877. The Labute approximate surface area is 144 Å². The molecule has 1 fully saturated rings. The molecule has 1 aliphatic heterocycles. The smallest absolute Gasteiger partial charge is 0.254 e. The first-order chi connectivity index (χ1) is 11.2. The molecule has 1 amide bonds. The Hall–Kier alpha value is -1.44. The highest BCUT2D eigenvalue weighted by Gasteiger charge is 2.27. The molecule has 0 spiro atoms. The van der Waals surface area contributed by atoms with Crippen LogP contribution < -0.4 is 0 Å². The first kappa shape index (κ1) is 18.9. The maximum absolute atomic E-state index is 12.6. The number of carbonyl (C=O) groups excluding carboxylic acids is 1. The molecule has 2 rings (SSSR count). The average molecular weight is 354 g/mol. The van der Waals surface area contributed by atoms with Gasteiger partial charge < -0.3 is 9.64 Å². The summed E-state index contributed by atoms with van der Waals surface area (Å²) in [4.78, 5) is 14.6. The maximum atomic E-state index is 12.6. The Balaban J connectivity index is 2.22. The van der Waals surface area contributed by atoms with E-state index in [4.69, 9.17) is 4.74 Å². The van der Waals surface area contributed by atoms with E-state index in [9.17, 15) is 13.2 Å². The predicted octanol–water partition coefficient (Wildman–Crippen LogP) is 1.97. The third-order valence-electron chi connectivity index (χ3n) is 4.06. The Kier molecular flexibility index (Phi) is 6.01. The molecule has 1 aromatic carbocycles. The second-order valence-corrected chi connectivity index (χ2v) is 8.38. The number of morpholine rings is 1. The number of rotatable bonds is 5. The number of sulfonamides is 1. The number of ether oxygens (including phenoxy) is 1. The van der Waals surface area contributed by atoms with Gasteiger partial charge in [0, 0.05) is 30.7 Å². The summed E-state index contributed by atoms with van der Waals surface area (Å²) in [6.07, 6.45) is 0. The van der Waals surface area contributed by atoms with E-state index in [0.29, 0.717) is 31.9 Å². The van der Waals surface area contributed by atoms with Crippen LogP contribution in [0, 0.1) is 0 Å². The van der Waals surface area contributed by atoms with Gasteiger partial charge in [0.05, 0.1) is 18.1 Å². The molecule has 0 atom stereocenters. The van der Waals surface area contributed by atoms with Crippen LogP contribution in [-0.4, -0.2) is 61.9 Å². The summed E-state index contributed by atoms with van der Waals surface area (Å²) >= 11 is 0. The van der Waals surface area contributed by atoms with E-state index in [1.165, 1.54) is 16.4 Å². The fourth-order valence-electron chi connectivity index (χ4n) is 2.92. The molecule has 0 unspecified atom stereocenters. The number of carbonyl (C=O) groups is 1. The standard InChI is InChI=1S/C17H26N2O4S/c1-13(2)19(14(3)4)17(20)15-5-7-16(8-6-15)24(21,22)18-9-11-23-12-10-18/h5-8,13-14H,9-12H2,1-4H3. The van der Waals surface area contributed by atoms with Crippen LogP contribution in [0.1, 0.15) is 38.1 Å². The van der Waals surface area contributed by atoms with Crippen LogP contribution in [-0.2, 0) is 14.8 Å². The normalized spacial score (nSPS) is 16.6. The van der Waals surface area contributed by atoms with Crippen LogP contribution in [0.3, 0.4) is 0 Å². The molecule has 24 heavy (non-hydrogen) atoms. The molecule has 6 nitrogen and oxygen atoms in total. The lowest BCUT2D eigenvalue weighted by atomic mass is 10.1. The average Bonchev–Trinajstić information content (AvgIpc) is 2.55. The van der Waals surface area contributed by atoms with Crippen molar-refractivity contribution in [1.29, 1.82) is 0 Å². The molecule has 1 saturated heterocycles. The summed E-state index contributed by atoms with van der Waals surface area (Å²) in [6, 6.07) is 6.36. The SMILES string of the molecule is CC(C)N(C(=O)c1ccc(S(=O)(=O)N2CCOCC2)cc1)C(C)C. The third kappa shape index (κ3) is 3.96. The van der Waals surface area contributed by atoms with Crippen molar-refractivity contribution in [1.82, 2.24) is 9.21 Å². The molecule has 0 N–H and O–H groups in total. The number of hydrogen-bond donors (Lipinski definition) is 0. The minimum Gasteiger partial charge on any atom is -0.379 e. The van der Waals surface area contributed by atoms with Crippen molar-refractivity contribution < 1.29 is 17.9 Å². The van der Waals surface area contributed by atoms with Gasteiger partial charge in [-0.1, -0.05) is 0 Å². The second kappa shape index (κ2) is 7.63. The van der Waals surface area contributed by atoms with Crippen LogP contribution in [0.5, 0.6) is 0 Å². The lowest BCUT2D eigenvalue weighted by Gasteiger charge is -2.31. The molecular weight excluding hydrogens is 328 g/mol. The largest absolute Gasteiger partial charge is 0.379 e. The summed E-state index contributed by atoms with van der Waals surface area (Å²) < 4.78 is 31.8. The van der Waals surface area contributed by atoms with Gasteiger partial charge in [-0.2, -0.15) is 4.31 Å². The fourth-order valence-corrected chi connectivity index (χ4v) is 4.33. The number of benzene rings is 1. The fraction of sp³-hybridized carbons (Fsp3) is 0.588. The minimum atomic E-state index is -3.53. The highest BCUT2D eigenvalue weighted by atomic mass is 32.2. The van der Waals surface area contributed by atoms with Gasteiger partial charge in [-0.25, -0.2) is 8.42 Å². The Morgan fingerprint density at radius 1 is 1.04 bits per heavy atom. The van der Waals surface area contributed by atoms with Crippen LogP contribution in [0.2, 0.25) is 0 Å². The minimum absolute atomic E-state index is 0.0780. The first-order valence-corrected chi connectivity index (χ1v) is 9.69. The maximum Gasteiger partial charge on any atom is 0.254 e. The van der Waals surface area contributed by atoms with Crippen molar-refractivity contribution >= 4 is 15.9 Å². The zero-order valence-electron chi connectivity index (χ0n) is 14.7. The van der Waals surface area contributed by atoms with Crippen LogP contribution in [0.25, 0.3) is 0 Å². The Morgan fingerprint density at radius 2 is 1.54 bits per heavy atom. The summed E-state index contributed by atoms with van der Waals surface area (Å²) in [5, 5.41) is 0. The van der Waals surface area contributed by atoms with Crippen molar-refractivity contribution in [3.05, 3.63) is 29.8 Å². The van der Waals surface area contributed by atoms with Crippen molar-refractivity contribution in [3.8, 4) is 0 Å².